The summed E-state index contributed by atoms with van der Waals surface area (Å²) < 4.78 is 0. The standard InChI is InChI=1S/5C12H12.2C8H10/c1-9-3-5-12-8-10(2)4-6-11(12)7-9;1-9-5-3-8-12-10(2)6-4-7-11(9)12;1-9-6-7-12-10(2)4-3-5-11(12)8-9;1-9-6-7-11-5-3-4-10(2)12(11)8-9;1-9-7-8-10(2)12-6-4-3-5-11(9)12;1-7-3-5-8(2)6-4-7;1-7-4-3-5-8(2)6-7/h5*3-8H,1-2H3;2*3-6H,1-2H3. The van der Waals surface area contributed by atoms with Crippen LogP contribution in [0.5, 0.6) is 0 Å². The van der Waals surface area contributed by atoms with Gasteiger partial charge in [0.2, 0.25) is 0 Å². The highest BCUT2D eigenvalue weighted by Crippen LogP contribution is 2.24. The van der Waals surface area contributed by atoms with Crippen LogP contribution in [0.3, 0.4) is 0 Å². The Hall–Kier alpha value is -8.06. The van der Waals surface area contributed by atoms with Crippen LogP contribution in [-0.2, 0) is 0 Å². The molecule has 0 spiro atoms. The van der Waals surface area contributed by atoms with E-state index < -0.39 is 0 Å². The molecule has 0 aliphatic heterocycles. The molecule has 0 aromatic heterocycles. The molecular formula is C76H80. The van der Waals surface area contributed by atoms with E-state index in [-0.39, 0.29) is 0 Å². The zero-order chi connectivity index (χ0) is 54.7. The van der Waals surface area contributed by atoms with Crippen LogP contribution in [0.2, 0.25) is 0 Å². The van der Waals surface area contributed by atoms with Crippen LogP contribution >= 0.6 is 0 Å². The summed E-state index contributed by atoms with van der Waals surface area (Å²) in [5.74, 6) is 0. The summed E-state index contributed by atoms with van der Waals surface area (Å²) >= 11 is 0. The zero-order valence-electron chi connectivity index (χ0n) is 47.9. The monoisotopic (exact) mass is 993 g/mol. The Morgan fingerprint density at radius 1 is 0.145 bits per heavy atom. The van der Waals surface area contributed by atoms with Crippen molar-refractivity contribution >= 4 is 53.9 Å². The summed E-state index contributed by atoms with van der Waals surface area (Å²) in [5, 5.41) is 13.6. The second-order valence-corrected chi connectivity index (χ2v) is 20.8. The molecule has 0 amide bonds. The second-order valence-electron chi connectivity index (χ2n) is 20.8. The van der Waals surface area contributed by atoms with Gasteiger partial charge in [-0.2, -0.15) is 0 Å². The molecule has 12 aromatic rings. The normalized spacial score (nSPS) is 10.2. The van der Waals surface area contributed by atoms with Gasteiger partial charge in [0.25, 0.3) is 0 Å². The van der Waals surface area contributed by atoms with Crippen molar-refractivity contribution in [2.24, 2.45) is 0 Å². The Morgan fingerprint density at radius 2 is 0.434 bits per heavy atom. The maximum absolute atomic E-state index is 2.24. The van der Waals surface area contributed by atoms with E-state index in [2.05, 4.69) is 327 Å². The van der Waals surface area contributed by atoms with Crippen LogP contribution in [0.4, 0.5) is 0 Å². The largest absolute Gasteiger partial charge is 0.0617 e. The molecule has 0 bridgehead atoms. The molecule has 0 nitrogen and oxygen atoms in total. The first-order valence-corrected chi connectivity index (χ1v) is 26.8. The number of hydrogen-bond acceptors (Lipinski definition) is 0. The van der Waals surface area contributed by atoms with E-state index in [1.807, 2.05) is 0 Å². The first-order chi connectivity index (χ1) is 36.4. The molecule has 0 N–H and O–H groups in total. The minimum atomic E-state index is 1.33. The van der Waals surface area contributed by atoms with Crippen LogP contribution in [0.15, 0.2) is 231 Å². The molecular weight excluding hydrogens is 913 g/mol. The summed E-state index contributed by atoms with van der Waals surface area (Å²) in [6, 6.07) is 81.8. The van der Waals surface area contributed by atoms with Gasteiger partial charge in [-0.1, -0.05) is 275 Å². The van der Waals surface area contributed by atoms with E-state index in [9.17, 15) is 0 Å². The average Bonchev–Trinajstić information content (AvgIpc) is 3.41. The van der Waals surface area contributed by atoms with Crippen molar-refractivity contribution < 1.29 is 0 Å². The number of hydrogen-bond donors (Lipinski definition) is 0. The third-order valence-electron chi connectivity index (χ3n) is 13.8. The van der Waals surface area contributed by atoms with E-state index >= 15 is 0 Å². The molecule has 0 fully saturated rings. The van der Waals surface area contributed by atoms with Gasteiger partial charge in [-0.05, 0) is 184 Å². The minimum absolute atomic E-state index is 1.33. The summed E-state index contributed by atoms with van der Waals surface area (Å²) in [6.07, 6.45) is 0. The lowest BCUT2D eigenvalue weighted by Crippen LogP contribution is -1.80. The van der Waals surface area contributed by atoms with Crippen LogP contribution < -0.4 is 0 Å². The van der Waals surface area contributed by atoms with Crippen molar-refractivity contribution in [2.45, 2.75) is 96.9 Å². The Bertz CT molecular complexity index is 3570. The summed E-state index contributed by atoms with van der Waals surface area (Å²) in [4.78, 5) is 0. The molecule has 12 rings (SSSR count). The Labute approximate surface area is 456 Å². The fourth-order valence-corrected chi connectivity index (χ4v) is 9.26. The van der Waals surface area contributed by atoms with Crippen LogP contribution in [0, 0.1) is 96.9 Å². The number of aryl methyl sites for hydroxylation is 14. The van der Waals surface area contributed by atoms with E-state index in [0.717, 1.165) is 0 Å². The summed E-state index contributed by atoms with van der Waals surface area (Å²) in [6.45, 7) is 29.8. The molecule has 384 valence electrons. The second kappa shape index (κ2) is 28.0. The van der Waals surface area contributed by atoms with Gasteiger partial charge in [-0.3, -0.25) is 0 Å². The van der Waals surface area contributed by atoms with Crippen LogP contribution in [-0.4, -0.2) is 0 Å². The third-order valence-corrected chi connectivity index (χ3v) is 13.8. The molecule has 0 saturated heterocycles. The Morgan fingerprint density at radius 3 is 0.868 bits per heavy atom. The van der Waals surface area contributed by atoms with E-state index in [0.29, 0.717) is 0 Å². The van der Waals surface area contributed by atoms with Crippen molar-refractivity contribution in [1.29, 1.82) is 0 Å². The molecule has 76 heavy (non-hydrogen) atoms. The van der Waals surface area contributed by atoms with E-state index in [1.54, 1.807) is 0 Å². The average molecular weight is 993 g/mol. The molecule has 0 radical (unpaired) electrons. The molecule has 0 aliphatic rings. The van der Waals surface area contributed by atoms with Crippen molar-refractivity contribution in [3.63, 3.8) is 0 Å². The SMILES string of the molecule is Cc1ccc(C)c2ccccc12.Cc1ccc(C)cc1.Cc1ccc2c(C)cccc2c1.Cc1ccc2cc(C)ccc2c1.Cc1ccc2cccc(C)c2c1.Cc1cccc(C)c1.Cc1cccc2c(C)cccc12. The smallest absolute Gasteiger partial charge is 0.0152 e. The van der Waals surface area contributed by atoms with Crippen molar-refractivity contribution in [2.75, 3.05) is 0 Å². The summed E-state index contributed by atoms with van der Waals surface area (Å²) in [5.41, 5.74) is 18.8. The van der Waals surface area contributed by atoms with Crippen molar-refractivity contribution in [3.05, 3.63) is 308 Å². The Balaban J connectivity index is 0.000000145. The van der Waals surface area contributed by atoms with Gasteiger partial charge >= 0.3 is 0 Å². The maximum Gasteiger partial charge on any atom is -0.0152 e. The highest BCUT2D eigenvalue weighted by molar-refractivity contribution is 5.90. The molecule has 0 saturated carbocycles. The number of fused-ring (bicyclic) bond motifs is 5. The fraction of sp³-hybridized carbons (Fsp3) is 0.184. The van der Waals surface area contributed by atoms with Gasteiger partial charge in [-0.15, -0.1) is 0 Å². The van der Waals surface area contributed by atoms with Crippen molar-refractivity contribution in [3.8, 4) is 0 Å². The molecule has 12 aromatic carbocycles. The lowest BCUT2D eigenvalue weighted by atomic mass is 10.0. The minimum Gasteiger partial charge on any atom is -0.0617 e. The van der Waals surface area contributed by atoms with Gasteiger partial charge in [0.05, 0.1) is 0 Å². The molecule has 0 aliphatic carbocycles. The summed E-state index contributed by atoms with van der Waals surface area (Å²) in [7, 11) is 0. The quantitative estimate of drug-likeness (QED) is 0.142. The van der Waals surface area contributed by atoms with Gasteiger partial charge in [0, 0.05) is 0 Å². The van der Waals surface area contributed by atoms with E-state index in [1.165, 1.54) is 132 Å². The first-order valence-electron chi connectivity index (χ1n) is 26.8. The Kier molecular flexibility index (Phi) is 21.1. The van der Waals surface area contributed by atoms with Gasteiger partial charge in [0.1, 0.15) is 0 Å². The number of benzene rings is 12. The molecule has 0 unspecified atom stereocenters. The predicted molar refractivity (Wildman–Crippen MR) is 339 cm³/mol. The zero-order valence-corrected chi connectivity index (χ0v) is 47.9. The fourth-order valence-electron chi connectivity index (χ4n) is 9.26. The van der Waals surface area contributed by atoms with Crippen LogP contribution in [0.1, 0.15) is 77.9 Å². The van der Waals surface area contributed by atoms with Crippen molar-refractivity contribution in [1.82, 2.24) is 0 Å². The topological polar surface area (TPSA) is 0 Å². The maximum atomic E-state index is 2.24. The van der Waals surface area contributed by atoms with Crippen LogP contribution in [0.25, 0.3) is 53.9 Å². The molecule has 0 atom stereocenters. The highest BCUT2D eigenvalue weighted by Gasteiger charge is 2.00. The first kappa shape index (κ1) is 57.2. The highest BCUT2D eigenvalue weighted by atomic mass is 14.0. The molecule has 0 heteroatoms. The predicted octanol–water partition coefficient (Wildman–Crippen LogP) is 21.9. The van der Waals surface area contributed by atoms with E-state index in [4.69, 9.17) is 0 Å². The lowest BCUT2D eigenvalue weighted by molar-refractivity contribution is 1.39. The van der Waals surface area contributed by atoms with Gasteiger partial charge in [-0.25, -0.2) is 0 Å². The van der Waals surface area contributed by atoms with Gasteiger partial charge in [0.15, 0.2) is 0 Å². The third kappa shape index (κ3) is 17.0. The molecule has 0 heterocycles. The lowest BCUT2D eigenvalue weighted by Gasteiger charge is -2.03. The van der Waals surface area contributed by atoms with Gasteiger partial charge < -0.3 is 0 Å². The number of rotatable bonds is 0.